The first kappa shape index (κ1) is 21.0. The molecule has 2 spiro atoms. The van der Waals surface area contributed by atoms with Crippen LogP contribution >= 0.6 is 0 Å². The molecule has 3 saturated carbocycles. The number of hydrogen-bond donors (Lipinski definition) is 2. The minimum absolute atomic E-state index is 0.0163. The number of benzene rings is 1. The van der Waals surface area contributed by atoms with Crippen LogP contribution in [-0.4, -0.2) is 58.7 Å². The summed E-state index contributed by atoms with van der Waals surface area (Å²) in [5.74, 6) is 0.919. The second-order valence-electron chi connectivity index (χ2n) is 11.9. The van der Waals surface area contributed by atoms with Gasteiger partial charge in [0.2, 0.25) is 0 Å². The molecular formula is C27H37NO4. The zero-order valence-electron chi connectivity index (χ0n) is 20.1. The number of fused-ring (bicyclic) bond motifs is 2. The lowest BCUT2D eigenvalue weighted by molar-refractivity contribution is -0.299. The molecule has 5 nitrogen and oxygen atoms in total. The second kappa shape index (κ2) is 6.31. The number of aliphatic hydroxyl groups is 1. The lowest BCUT2D eigenvalue weighted by Crippen LogP contribution is -2.82. The molecule has 4 fully saturated rings. The van der Waals surface area contributed by atoms with Crippen molar-refractivity contribution in [3.63, 3.8) is 0 Å². The topological polar surface area (TPSA) is 62.2 Å². The van der Waals surface area contributed by atoms with Gasteiger partial charge in [-0.25, -0.2) is 0 Å². The van der Waals surface area contributed by atoms with E-state index in [0.717, 1.165) is 45.2 Å². The fraction of sp³-hybridized carbons (Fsp3) is 0.704. The summed E-state index contributed by atoms with van der Waals surface area (Å²) in [4.78, 5) is 2.69. The van der Waals surface area contributed by atoms with E-state index in [4.69, 9.17) is 9.47 Å². The number of aromatic hydroxyl groups is 1. The summed E-state index contributed by atoms with van der Waals surface area (Å²) >= 11 is 0. The molecule has 1 aromatic carbocycles. The first-order valence-electron chi connectivity index (χ1n) is 12.3. The summed E-state index contributed by atoms with van der Waals surface area (Å²) in [6.45, 7) is 10.2. The molecule has 6 atom stereocenters. The van der Waals surface area contributed by atoms with Crippen molar-refractivity contribution in [1.29, 1.82) is 0 Å². The first-order chi connectivity index (χ1) is 15.1. The van der Waals surface area contributed by atoms with Crippen molar-refractivity contribution in [3.8, 4) is 11.5 Å². The van der Waals surface area contributed by atoms with E-state index in [1.807, 2.05) is 19.9 Å². The third-order valence-corrected chi connectivity index (χ3v) is 10.1. The minimum atomic E-state index is -0.871. The van der Waals surface area contributed by atoms with Crippen molar-refractivity contribution in [3.05, 3.63) is 34.9 Å². The zero-order valence-corrected chi connectivity index (χ0v) is 20.1. The van der Waals surface area contributed by atoms with E-state index >= 15 is 0 Å². The van der Waals surface area contributed by atoms with Gasteiger partial charge in [0.05, 0.1) is 5.60 Å². The van der Waals surface area contributed by atoms with Crippen LogP contribution in [0.15, 0.2) is 23.8 Å². The molecule has 1 saturated heterocycles. The maximum Gasteiger partial charge on any atom is 0.165 e. The smallest absolute Gasteiger partial charge is 0.165 e. The highest BCUT2D eigenvalue weighted by atomic mass is 16.6. The fourth-order valence-electron chi connectivity index (χ4n) is 8.90. The summed E-state index contributed by atoms with van der Waals surface area (Å²) in [6.07, 6.45) is 7.09. The summed E-state index contributed by atoms with van der Waals surface area (Å²) in [5, 5.41) is 22.2. The molecule has 5 heteroatoms. The molecule has 1 aromatic rings. The van der Waals surface area contributed by atoms with Gasteiger partial charge in [-0.05, 0) is 78.0 Å². The molecule has 32 heavy (non-hydrogen) atoms. The molecule has 2 N–H and O–H groups in total. The Morgan fingerprint density at radius 1 is 1.28 bits per heavy atom. The van der Waals surface area contributed by atoms with Crippen LogP contribution in [0.1, 0.15) is 64.5 Å². The maximum atomic E-state index is 11.4. The van der Waals surface area contributed by atoms with Gasteiger partial charge >= 0.3 is 0 Å². The number of piperidine rings is 1. The number of rotatable bonds is 4. The Bertz CT molecular complexity index is 1010. The van der Waals surface area contributed by atoms with Crippen molar-refractivity contribution in [2.75, 3.05) is 20.2 Å². The van der Waals surface area contributed by atoms with Gasteiger partial charge in [0, 0.05) is 42.0 Å². The Labute approximate surface area is 191 Å². The van der Waals surface area contributed by atoms with Gasteiger partial charge in [-0.1, -0.05) is 17.7 Å². The molecule has 2 heterocycles. The number of allylic oxidation sites excluding steroid dienone is 1. The largest absolute Gasteiger partial charge is 0.504 e. The Kier molecular flexibility index (Phi) is 4.14. The minimum Gasteiger partial charge on any atom is -0.504 e. The predicted octanol–water partition coefficient (Wildman–Crippen LogP) is 3.94. The number of nitrogens with zero attached hydrogens (tertiary/aromatic N) is 1. The van der Waals surface area contributed by atoms with Crippen LogP contribution in [0.3, 0.4) is 0 Å². The number of ether oxygens (including phenoxy) is 2. The summed E-state index contributed by atoms with van der Waals surface area (Å²) < 4.78 is 13.2. The second-order valence-corrected chi connectivity index (χ2v) is 11.9. The van der Waals surface area contributed by atoms with E-state index in [1.165, 1.54) is 16.7 Å². The third kappa shape index (κ3) is 2.21. The highest BCUT2D eigenvalue weighted by molar-refractivity contribution is 5.63. The quantitative estimate of drug-likeness (QED) is 0.696. The molecule has 0 unspecified atom stereocenters. The van der Waals surface area contributed by atoms with E-state index < -0.39 is 11.2 Å². The van der Waals surface area contributed by atoms with Crippen molar-refractivity contribution < 1.29 is 19.7 Å². The maximum absolute atomic E-state index is 11.4. The Hall–Kier alpha value is -1.56. The van der Waals surface area contributed by atoms with Crippen LogP contribution in [0, 0.1) is 11.3 Å². The van der Waals surface area contributed by atoms with Gasteiger partial charge in [0.15, 0.2) is 11.5 Å². The molecule has 174 valence electrons. The number of likely N-dealkylation sites (tertiary alicyclic amines) is 1. The van der Waals surface area contributed by atoms with Crippen LogP contribution < -0.4 is 4.74 Å². The van der Waals surface area contributed by atoms with Crippen molar-refractivity contribution >= 4 is 0 Å². The van der Waals surface area contributed by atoms with Crippen LogP contribution in [0.2, 0.25) is 0 Å². The molecular weight excluding hydrogens is 402 g/mol. The molecule has 0 amide bonds. The summed E-state index contributed by atoms with van der Waals surface area (Å²) in [6, 6.07) is 4.34. The lowest BCUT2D eigenvalue weighted by Gasteiger charge is -2.74. The van der Waals surface area contributed by atoms with Crippen LogP contribution in [-0.2, 0) is 16.6 Å². The molecule has 6 aliphatic rings. The standard InChI is InChI=1S/C27H37NO4/c1-16(2)8-12-28-13-11-26-21-17-6-7-18(29)22(21)32-23(26)27(31-5)10-9-25(26,20(28)14-17)15-19(27)24(3,4)30/h6-8,19-20,23,29-30H,9-15H2,1-5H3/t19-,20+,23+,25+,26-,27+/m0/s1. The monoisotopic (exact) mass is 439 g/mol. The van der Waals surface area contributed by atoms with E-state index in [2.05, 4.69) is 30.9 Å². The van der Waals surface area contributed by atoms with E-state index in [1.54, 1.807) is 7.11 Å². The van der Waals surface area contributed by atoms with Crippen LogP contribution in [0.25, 0.3) is 0 Å². The van der Waals surface area contributed by atoms with Crippen LogP contribution in [0.5, 0.6) is 11.5 Å². The van der Waals surface area contributed by atoms with Crippen LogP contribution in [0.4, 0.5) is 0 Å². The Morgan fingerprint density at radius 3 is 2.75 bits per heavy atom. The van der Waals surface area contributed by atoms with Gasteiger partial charge in [-0.15, -0.1) is 0 Å². The Morgan fingerprint density at radius 2 is 2.06 bits per heavy atom. The highest BCUT2D eigenvalue weighted by Gasteiger charge is 2.81. The van der Waals surface area contributed by atoms with Gasteiger partial charge in [-0.2, -0.15) is 0 Å². The molecule has 7 rings (SSSR count). The normalized spacial score (nSPS) is 41.2. The summed E-state index contributed by atoms with van der Waals surface area (Å²) in [5.41, 5.74) is 2.39. The predicted molar refractivity (Wildman–Crippen MR) is 123 cm³/mol. The summed E-state index contributed by atoms with van der Waals surface area (Å²) in [7, 11) is 1.80. The lowest BCUT2D eigenvalue weighted by atomic mass is 9.34. The first-order valence-corrected chi connectivity index (χ1v) is 12.3. The highest BCUT2D eigenvalue weighted by Crippen LogP contribution is 2.77. The van der Waals surface area contributed by atoms with E-state index in [9.17, 15) is 10.2 Å². The van der Waals surface area contributed by atoms with E-state index in [-0.39, 0.29) is 28.6 Å². The van der Waals surface area contributed by atoms with Gasteiger partial charge < -0.3 is 19.7 Å². The Balaban J connectivity index is 1.61. The van der Waals surface area contributed by atoms with Crippen molar-refractivity contribution in [2.45, 2.75) is 88.6 Å². The molecule has 0 radical (unpaired) electrons. The van der Waals surface area contributed by atoms with Crippen molar-refractivity contribution in [1.82, 2.24) is 4.90 Å². The van der Waals surface area contributed by atoms with Gasteiger partial charge in [0.25, 0.3) is 0 Å². The molecule has 0 aromatic heterocycles. The third-order valence-electron chi connectivity index (χ3n) is 10.1. The van der Waals surface area contributed by atoms with E-state index in [0.29, 0.717) is 11.8 Å². The number of phenols is 1. The number of methoxy groups -OCH3 is 1. The number of phenolic OH excluding ortho intramolecular Hbond substituents is 1. The van der Waals surface area contributed by atoms with Gasteiger partial charge in [0.1, 0.15) is 11.7 Å². The SMILES string of the molecule is CO[C@]12CC[C@@]3(C[C@H]1C(C)(C)O)[C@H]1Cc4ccc(O)c5c4[C@@]3(CCN1CC=C(C)C)[C@H]2O5. The number of hydrogen-bond acceptors (Lipinski definition) is 5. The zero-order chi connectivity index (χ0) is 22.7. The average Bonchev–Trinajstić information content (AvgIpc) is 3.11. The molecule has 4 bridgehead atoms. The average molecular weight is 440 g/mol. The fourth-order valence-corrected chi connectivity index (χ4v) is 8.90. The molecule has 4 aliphatic carbocycles. The molecule has 2 aliphatic heterocycles. The van der Waals surface area contributed by atoms with Crippen molar-refractivity contribution in [2.24, 2.45) is 11.3 Å². The van der Waals surface area contributed by atoms with Gasteiger partial charge in [-0.3, -0.25) is 4.90 Å².